The van der Waals surface area contributed by atoms with Gasteiger partial charge < -0.3 is 15.3 Å². The number of aryl methyl sites for hydroxylation is 2. The number of hydrogen-bond donors (Lipinski definition) is 2. The molecule has 0 radical (unpaired) electrons. The van der Waals surface area contributed by atoms with Crippen molar-refractivity contribution in [2.45, 2.75) is 26.9 Å². The maximum absolute atomic E-state index is 12.2. The molecule has 0 atom stereocenters. The second-order valence-corrected chi connectivity index (χ2v) is 5.10. The van der Waals surface area contributed by atoms with Gasteiger partial charge in [0.1, 0.15) is 5.82 Å². The average Bonchev–Trinajstić information content (AvgIpc) is 2.84. The molecule has 21 heavy (non-hydrogen) atoms. The van der Waals surface area contributed by atoms with Crippen LogP contribution in [0.15, 0.2) is 35.3 Å². The SMILES string of the molecule is CCn1c(-c2c[nH]c(C)cc2=O)nc2cc(CN)ccc21. The van der Waals surface area contributed by atoms with E-state index in [-0.39, 0.29) is 5.43 Å². The largest absolute Gasteiger partial charge is 0.364 e. The Balaban J connectivity index is 2.29. The smallest absolute Gasteiger partial charge is 0.192 e. The van der Waals surface area contributed by atoms with Crippen molar-refractivity contribution in [3.8, 4) is 11.4 Å². The summed E-state index contributed by atoms with van der Waals surface area (Å²) in [5.74, 6) is 0.697. The summed E-state index contributed by atoms with van der Waals surface area (Å²) in [5, 5.41) is 0. The standard InChI is InChI=1S/C16H18N4O/c1-3-20-14-5-4-11(8-17)7-13(14)19-16(20)12-9-18-10(2)6-15(12)21/h4-7,9H,3,8,17H2,1-2H3,(H,18,21). The zero-order chi connectivity index (χ0) is 15.0. The molecular weight excluding hydrogens is 264 g/mol. The predicted octanol–water partition coefficient (Wildman–Crippen LogP) is 2.18. The number of imidazole rings is 1. The Kier molecular flexibility index (Phi) is 3.35. The highest BCUT2D eigenvalue weighted by molar-refractivity contribution is 5.81. The topological polar surface area (TPSA) is 76.7 Å². The molecule has 0 aliphatic heterocycles. The molecule has 0 unspecified atom stereocenters. The van der Waals surface area contributed by atoms with Crippen molar-refractivity contribution in [1.29, 1.82) is 0 Å². The van der Waals surface area contributed by atoms with Crippen LogP contribution in [0.3, 0.4) is 0 Å². The van der Waals surface area contributed by atoms with Crippen molar-refractivity contribution in [3.63, 3.8) is 0 Å². The summed E-state index contributed by atoms with van der Waals surface area (Å²) >= 11 is 0. The first kappa shape index (κ1) is 13.6. The van der Waals surface area contributed by atoms with Gasteiger partial charge in [-0.25, -0.2) is 4.98 Å². The fourth-order valence-electron chi connectivity index (χ4n) is 2.58. The van der Waals surface area contributed by atoms with E-state index < -0.39 is 0 Å². The maximum atomic E-state index is 12.2. The molecular formula is C16H18N4O. The van der Waals surface area contributed by atoms with Crippen LogP contribution in [0.1, 0.15) is 18.2 Å². The van der Waals surface area contributed by atoms with Crippen LogP contribution in [0, 0.1) is 6.92 Å². The van der Waals surface area contributed by atoms with Crippen molar-refractivity contribution < 1.29 is 0 Å². The van der Waals surface area contributed by atoms with E-state index >= 15 is 0 Å². The van der Waals surface area contributed by atoms with Gasteiger partial charge in [0.15, 0.2) is 5.43 Å². The zero-order valence-electron chi connectivity index (χ0n) is 12.2. The third-order valence-corrected chi connectivity index (χ3v) is 3.66. The van der Waals surface area contributed by atoms with E-state index in [9.17, 15) is 4.79 Å². The second-order valence-electron chi connectivity index (χ2n) is 5.10. The highest BCUT2D eigenvalue weighted by atomic mass is 16.1. The fourth-order valence-corrected chi connectivity index (χ4v) is 2.58. The quantitative estimate of drug-likeness (QED) is 0.773. The lowest BCUT2D eigenvalue weighted by Gasteiger charge is -2.06. The fraction of sp³-hybridized carbons (Fsp3) is 0.250. The predicted molar refractivity (Wildman–Crippen MR) is 84.1 cm³/mol. The van der Waals surface area contributed by atoms with Gasteiger partial charge in [0.2, 0.25) is 0 Å². The van der Waals surface area contributed by atoms with Gasteiger partial charge >= 0.3 is 0 Å². The normalized spacial score (nSPS) is 11.2. The van der Waals surface area contributed by atoms with Gasteiger partial charge in [-0.05, 0) is 31.5 Å². The van der Waals surface area contributed by atoms with E-state index in [1.165, 1.54) is 0 Å². The van der Waals surface area contributed by atoms with Crippen LogP contribution in [-0.4, -0.2) is 14.5 Å². The first-order chi connectivity index (χ1) is 10.1. The van der Waals surface area contributed by atoms with Crippen molar-refractivity contribution in [3.05, 3.63) is 51.9 Å². The summed E-state index contributed by atoms with van der Waals surface area (Å²) in [6, 6.07) is 7.59. The first-order valence-electron chi connectivity index (χ1n) is 7.03. The minimum absolute atomic E-state index is 0.0182. The lowest BCUT2D eigenvalue weighted by atomic mass is 10.2. The number of fused-ring (bicyclic) bond motifs is 1. The zero-order valence-corrected chi connectivity index (χ0v) is 12.2. The number of aromatic nitrogens is 3. The Bertz CT molecular complexity index is 860. The Morgan fingerprint density at radius 3 is 2.81 bits per heavy atom. The Hall–Kier alpha value is -2.40. The maximum Gasteiger partial charge on any atom is 0.192 e. The number of H-pyrrole nitrogens is 1. The van der Waals surface area contributed by atoms with E-state index in [0.717, 1.165) is 28.8 Å². The molecule has 0 spiro atoms. The summed E-state index contributed by atoms with van der Waals surface area (Å²) in [5.41, 5.74) is 10.0. The van der Waals surface area contributed by atoms with Gasteiger partial charge in [0, 0.05) is 31.0 Å². The molecule has 5 nitrogen and oxygen atoms in total. The number of nitrogens with zero attached hydrogens (tertiary/aromatic N) is 2. The summed E-state index contributed by atoms with van der Waals surface area (Å²) in [6.45, 7) is 5.14. The lowest BCUT2D eigenvalue weighted by Crippen LogP contribution is -2.09. The first-order valence-corrected chi connectivity index (χ1v) is 7.03. The van der Waals surface area contributed by atoms with Gasteiger partial charge in [-0.15, -0.1) is 0 Å². The molecule has 0 bridgehead atoms. The molecule has 108 valence electrons. The van der Waals surface area contributed by atoms with Gasteiger partial charge in [-0.1, -0.05) is 6.07 Å². The molecule has 0 fully saturated rings. The van der Waals surface area contributed by atoms with Gasteiger partial charge in [0.05, 0.1) is 16.6 Å². The van der Waals surface area contributed by atoms with Crippen LogP contribution in [0.4, 0.5) is 0 Å². The van der Waals surface area contributed by atoms with Gasteiger partial charge in [0.25, 0.3) is 0 Å². The molecule has 3 N–H and O–H groups in total. The minimum Gasteiger partial charge on any atom is -0.364 e. The molecule has 0 aliphatic carbocycles. The number of hydrogen-bond acceptors (Lipinski definition) is 3. The molecule has 3 rings (SSSR count). The third kappa shape index (κ3) is 2.25. The van der Waals surface area contributed by atoms with Crippen molar-refractivity contribution >= 4 is 11.0 Å². The van der Waals surface area contributed by atoms with E-state index in [1.807, 2.05) is 32.0 Å². The van der Waals surface area contributed by atoms with Crippen LogP contribution >= 0.6 is 0 Å². The molecule has 2 aromatic heterocycles. The van der Waals surface area contributed by atoms with E-state index in [1.54, 1.807) is 12.3 Å². The van der Waals surface area contributed by atoms with Gasteiger partial charge in [-0.2, -0.15) is 0 Å². The number of rotatable bonds is 3. The van der Waals surface area contributed by atoms with E-state index in [2.05, 4.69) is 14.5 Å². The van der Waals surface area contributed by atoms with E-state index in [0.29, 0.717) is 17.9 Å². The number of aromatic amines is 1. The number of nitrogens with one attached hydrogen (secondary N) is 1. The third-order valence-electron chi connectivity index (χ3n) is 3.66. The van der Waals surface area contributed by atoms with Crippen LogP contribution < -0.4 is 11.2 Å². The van der Waals surface area contributed by atoms with Crippen molar-refractivity contribution in [2.24, 2.45) is 5.73 Å². The summed E-state index contributed by atoms with van der Waals surface area (Å²) in [4.78, 5) is 19.9. The average molecular weight is 282 g/mol. The molecule has 0 aliphatic rings. The monoisotopic (exact) mass is 282 g/mol. The Labute approximate surface area is 122 Å². The van der Waals surface area contributed by atoms with E-state index in [4.69, 9.17) is 5.73 Å². The molecule has 1 aromatic carbocycles. The van der Waals surface area contributed by atoms with Crippen molar-refractivity contribution in [2.75, 3.05) is 0 Å². The molecule has 0 saturated heterocycles. The minimum atomic E-state index is -0.0182. The molecule has 3 aromatic rings. The number of nitrogens with two attached hydrogens (primary N) is 1. The molecule has 0 amide bonds. The summed E-state index contributed by atoms with van der Waals surface area (Å²) in [7, 11) is 0. The number of pyridine rings is 1. The Morgan fingerprint density at radius 1 is 1.33 bits per heavy atom. The number of benzene rings is 1. The van der Waals surface area contributed by atoms with Crippen LogP contribution in [0.25, 0.3) is 22.4 Å². The van der Waals surface area contributed by atoms with Crippen molar-refractivity contribution in [1.82, 2.24) is 14.5 Å². The van der Waals surface area contributed by atoms with Crippen LogP contribution in [-0.2, 0) is 13.1 Å². The summed E-state index contributed by atoms with van der Waals surface area (Å²) in [6.07, 6.45) is 1.73. The molecule has 2 heterocycles. The molecule has 5 heteroatoms. The Morgan fingerprint density at radius 2 is 2.14 bits per heavy atom. The highest BCUT2D eigenvalue weighted by Crippen LogP contribution is 2.23. The lowest BCUT2D eigenvalue weighted by molar-refractivity contribution is 0.795. The summed E-state index contributed by atoms with van der Waals surface area (Å²) < 4.78 is 2.05. The van der Waals surface area contributed by atoms with Crippen LogP contribution in [0.5, 0.6) is 0 Å². The van der Waals surface area contributed by atoms with Crippen LogP contribution in [0.2, 0.25) is 0 Å². The molecule has 0 saturated carbocycles. The van der Waals surface area contributed by atoms with Gasteiger partial charge in [-0.3, -0.25) is 4.79 Å². The second kappa shape index (κ2) is 5.18. The highest BCUT2D eigenvalue weighted by Gasteiger charge is 2.14.